The number of aliphatic hydroxyl groups is 2. The lowest BCUT2D eigenvalue weighted by Crippen LogP contribution is -2.34. The SMILES string of the molecule is CCC(=O)Oc1cccc2c1CC(O)C(O)C2. The molecule has 92 valence electrons. The van der Waals surface area contributed by atoms with Gasteiger partial charge in [-0.05, 0) is 11.6 Å². The van der Waals surface area contributed by atoms with Gasteiger partial charge in [-0.1, -0.05) is 19.1 Å². The van der Waals surface area contributed by atoms with Gasteiger partial charge < -0.3 is 14.9 Å². The fourth-order valence-corrected chi connectivity index (χ4v) is 2.03. The molecule has 0 fully saturated rings. The van der Waals surface area contributed by atoms with Crippen LogP contribution in [0.5, 0.6) is 5.75 Å². The Bertz CT molecular complexity index is 427. The number of rotatable bonds is 2. The summed E-state index contributed by atoms with van der Waals surface area (Å²) in [7, 11) is 0. The zero-order valence-corrected chi connectivity index (χ0v) is 9.72. The Morgan fingerprint density at radius 1 is 1.35 bits per heavy atom. The average molecular weight is 236 g/mol. The highest BCUT2D eigenvalue weighted by Gasteiger charge is 2.27. The Hall–Kier alpha value is -1.39. The molecule has 0 bridgehead atoms. The van der Waals surface area contributed by atoms with Gasteiger partial charge in [0.25, 0.3) is 0 Å². The van der Waals surface area contributed by atoms with Crippen molar-refractivity contribution in [3.63, 3.8) is 0 Å². The van der Waals surface area contributed by atoms with Crippen LogP contribution < -0.4 is 4.74 Å². The molecule has 4 heteroatoms. The third-order valence-electron chi connectivity index (χ3n) is 3.03. The molecule has 0 amide bonds. The van der Waals surface area contributed by atoms with Gasteiger partial charge in [0.15, 0.2) is 0 Å². The Kier molecular flexibility index (Phi) is 3.45. The van der Waals surface area contributed by atoms with Gasteiger partial charge in [-0.3, -0.25) is 4.79 Å². The van der Waals surface area contributed by atoms with Crippen LogP contribution in [-0.4, -0.2) is 28.4 Å². The normalized spacial score (nSPS) is 23.0. The molecule has 0 aromatic heterocycles. The van der Waals surface area contributed by atoms with E-state index < -0.39 is 12.2 Å². The van der Waals surface area contributed by atoms with Crippen LogP contribution in [0.1, 0.15) is 24.5 Å². The van der Waals surface area contributed by atoms with Gasteiger partial charge >= 0.3 is 5.97 Å². The summed E-state index contributed by atoms with van der Waals surface area (Å²) in [6.07, 6.45) is -0.490. The molecule has 2 unspecified atom stereocenters. The van der Waals surface area contributed by atoms with Crippen molar-refractivity contribution in [1.29, 1.82) is 0 Å². The van der Waals surface area contributed by atoms with E-state index in [1.165, 1.54) is 0 Å². The van der Waals surface area contributed by atoms with E-state index in [4.69, 9.17) is 4.74 Å². The minimum Gasteiger partial charge on any atom is -0.426 e. The van der Waals surface area contributed by atoms with Crippen molar-refractivity contribution in [2.75, 3.05) is 0 Å². The average Bonchev–Trinajstić information content (AvgIpc) is 2.31. The zero-order chi connectivity index (χ0) is 12.4. The predicted octanol–water partition coefficient (Wildman–Crippen LogP) is 0.822. The lowest BCUT2D eigenvalue weighted by atomic mass is 9.87. The first-order valence-electron chi connectivity index (χ1n) is 5.79. The first kappa shape index (κ1) is 12.1. The summed E-state index contributed by atoms with van der Waals surface area (Å²) in [5.41, 5.74) is 1.76. The quantitative estimate of drug-likeness (QED) is 0.589. The summed E-state index contributed by atoms with van der Waals surface area (Å²) < 4.78 is 5.21. The van der Waals surface area contributed by atoms with Crippen LogP contribution in [-0.2, 0) is 17.6 Å². The van der Waals surface area contributed by atoms with Crippen LogP contribution in [0.2, 0.25) is 0 Å². The number of fused-ring (bicyclic) bond motifs is 1. The van der Waals surface area contributed by atoms with Crippen molar-refractivity contribution in [1.82, 2.24) is 0 Å². The van der Waals surface area contributed by atoms with E-state index in [0.29, 0.717) is 25.0 Å². The Morgan fingerprint density at radius 3 is 2.76 bits per heavy atom. The molecule has 1 aliphatic carbocycles. The zero-order valence-electron chi connectivity index (χ0n) is 9.72. The molecule has 0 spiro atoms. The number of ether oxygens (including phenoxy) is 1. The lowest BCUT2D eigenvalue weighted by Gasteiger charge is -2.27. The number of aliphatic hydroxyl groups excluding tert-OH is 2. The van der Waals surface area contributed by atoms with E-state index in [2.05, 4.69) is 0 Å². The molecule has 0 saturated carbocycles. The van der Waals surface area contributed by atoms with Crippen LogP contribution in [0.4, 0.5) is 0 Å². The van der Waals surface area contributed by atoms with E-state index in [1.54, 1.807) is 19.1 Å². The monoisotopic (exact) mass is 236 g/mol. The van der Waals surface area contributed by atoms with Crippen LogP contribution >= 0.6 is 0 Å². The van der Waals surface area contributed by atoms with Crippen molar-refractivity contribution >= 4 is 5.97 Å². The third kappa shape index (κ3) is 2.48. The Morgan fingerprint density at radius 2 is 2.06 bits per heavy atom. The number of benzene rings is 1. The summed E-state index contributed by atoms with van der Waals surface area (Å²) in [5, 5.41) is 19.2. The van der Waals surface area contributed by atoms with Gasteiger partial charge in [-0.25, -0.2) is 0 Å². The molecule has 0 radical (unpaired) electrons. The fourth-order valence-electron chi connectivity index (χ4n) is 2.03. The largest absolute Gasteiger partial charge is 0.426 e. The summed E-state index contributed by atoms with van der Waals surface area (Å²) in [6, 6.07) is 5.39. The van der Waals surface area contributed by atoms with Crippen LogP contribution in [0.25, 0.3) is 0 Å². The number of hydrogen-bond acceptors (Lipinski definition) is 4. The minimum atomic E-state index is -0.788. The van der Waals surface area contributed by atoms with E-state index in [9.17, 15) is 15.0 Å². The Balaban J connectivity index is 2.30. The maximum absolute atomic E-state index is 11.3. The van der Waals surface area contributed by atoms with Gasteiger partial charge in [0, 0.05) is 24.8 Å². The molecule has 1 aromatic carbocycles. The lowest BCUT2D eigenvalue weighted by molar-refractivity contribution is -0.134. The van der Waals surface area contributed by atoms with Gasteiger partial charge in [-0.2, -0.15) is 0 Å². The number of carbonyl (C=O) groups excluding carboxylic acids is 1. The van der Waals surface area contributed by atoms with Gasteiger partial charge in [0.2, 0.25) is 0 Å². The van der Waals surface area contributed by atoms with Crippen LogP contribution in [0.3, 0.4) is 0 Å². The minimum absolute atomic E-state index is 0.293. The van der Waals surface area contributed by atoms with Crippen molar-refractivity contribution in [3.05, 3.63) is 29.3 Å². The highest BCUT2D eigenvalue weighted by molar-refractivity contribution is 5.72. The highest BCUT2D eigenvalue weighted by atomic mass is 16.5. The highest BCUT2D eigenvalue weighted by Crippen LogP contribution is 2.30. The maximum atomic E-state index is 11.3. The van der Waals surface area contributed by atoms with E-state index in [0.717, 1.165) is 11.1 Å². The molecule has 2 N–H and O–H groups in total. The van der Waals surface area contributed by atoms with Crippen LogP contribution in [0.15, 0.2) is 18.2 Å². The van der Waals surface area contributed by atoms with E-state index in [-0.39, 0.29) is 5.97 Å². The first-order chi connectivity index (χ1) is 8.11. The summed E-state index contributed by atoms with van der Waals surface area (Å²) in [6.45, 7) is 1.73. The van der Waals surface area contributed by atoms with Crippen molar-refractivity contribution in [3.8, 4) is 5.75 Å². The molecular weight excluding hydrogens is 220 g/mol. The molecule has 0 saturated heterocycles. The second-order valence-corrected chi connectivity index (χ2v) is 4.26. The molecule has 0 aliphatic heterocycles. The first-order valence-corrected chi connectivity index (χ1v) is 5.79. The number of carbonyl (C=O) groups is 1. The molecule has 2 rings (SSSR count). The summed E-state index contributed by atoms with van der Waals surface area (Å²) in [5.74, 6) is 0.208. The molecule has 0 heterocycles. The number of esters is 1. The van der Waals surface area contributed by atoms with Gasteiger partial charge in [0.05, 0.1) is 12.2 Å². The maximum Gasteiger partial charge on any atom is 0.310 e. The summed E-state index contributed by atoms with van der Waals surface area (Å²) >= 11 is 0. The molecule has 2 atom stereocenters. The van der Waals surface area contributed by atoms with Crippen molar-refractivity contribution in [2.24, 2.45) is 0 Å². The van der Waals surface area contributed by atoms with E-state index >= 15 is 0 Å². The van der Waals surface area contributed by atoms with E-state index in [1.807, 2.05) is 6.07 Å². The number of hydrogen-bond donors (Lipinski definition) is 2. The smallest absolute Gasteiger partial charge is 0.310 e. The predicted molar refractivity (Wildman–Crippen MR) is 61.8 cm³/mol. The van der Waals surface area contributed by atoms with Crippen LogP contribution in [0, 0.1) is 0 Å². The van der Waals surface area contributed by atoms with Crippen molar-refractivity contribution < 1.29 is 19.7 Å². The second kappa shape index (κ2) is 4.85. The molecule has 17 heavy (non-hydrogen) atoms. The Labute approximate surface area is 99.8 Å². The molecule has 4 nitrogen and oxygen atoms in total. The molecule has 1 aliphatic rings. The second-order valence-electron chi connectivity index (χ2n) is 4.26. The molecular formula is C13H16O4. The standard InChI is InChI=1S/C13H16O4/c1-2-13(16)17-12-5-3-4-8-6-10(14)11(15)7-9(8)12/h3-5,10-11,14-15H,2,6-7H2,1H3. The third-order valence-corrected chi connectivity index (χ3v) is 3.03. The topological polar surface area (TPSA) is 66.8 Å². The fraction of sp³-hybridized carbons (Fsp3) is 0.462. The summed E-state index contributed by atoms with van der Waals surface area (Å²) in [4.78, 5) is 11.3. The molecule has 1 aromatic rings. The van der Waals surface area contributed by atoms with Crippen molar-refractivity contribution in [2.45, 2.75) is 38.4 Å². The van der Waals surface area contributed by atoms with Gasteiger partial charge in [-0.15, -0.1) is 0 Å². The van der Waals surface area contributed by atoms with Gasteiger partial charge in [0.1, 0.15) is 5.75 Å².